The number of benzene rings is 2. The van der Waals surface area contributed by atoms with Gasteiger partial charge in [-0.3, -0.25) is 0 Å². The van der Waals surface area contributed by atoms with Crippen LogP contribution in [0.4, 0.5) is 5.95 Å². The SMILES string of the molecule is CCc1cnc(N2CC[C@@H](c3ccc4ccccc4c3)[C@H](O)C2)nc1. The first-order chi connectivity index (χ1) is 12.2. The first-order valence-electron chi connectivity index (χ1n) is 8.97. The van der Waals surface area contributed by atoms with Gasteiger partial charge >= 0.3 is 0 Å². The third kappa shape index (κ3) is 3.22. The number of anilines is 1. The van der Waals surface area contributed by atoms with E-state index in [1.165, 1.54) is 16.3 Å². The molecule has 2 aromatic carbocycles. The van der Waals surface area contributed by atoms with Crippen LogP contribution in [0.25, 0.3) is 10.8 Å². The van der Waals surface area contributed by atoms with Gasteiger partial charge < -0.3 is 10.0 Å². The van der Waals surface area contributed by atoms with Crippen molar-refractivity contribution >= 4 is 16.7 Å². The monoisotopic (exact) mass is 333 g/mol. The van der Waals surface area contributed by atoms with E-state index in [1.807, 2.05) is 12.4 Å². The molecule has 0 saturated carbocycles. The zero-order valence-electron chi connectivity index (χ0n) is 14.5. The summed E-state index contributed by atoms with van der Waals surface area (Å²) in [6, 6.07) is 14.9. The molecule has 4 heteroatoms. The average molecular weight is 333 g/mol. The lowest BCUT2D eigenvalue weighted by Gasteiger charge is -2.36. The quantitative estimate of drug-likeness (QED) is 0.796. The van der Waals surface area contributed by atoms with Crippen molar-refractivity contribution < 1.29 is 5.11 Å². The van der Waals surface area contributed by atoms with E-state index in [1.54, 1.807) is 0 Å². The Morgan fingerprint density at radius 3 is 2.56 bits per heavy atom. The summed E-state index contributed by atoms with van der Waals surface area (Å²) in [5.41, 5.74) is 2.35. The summed E-state index contributed by atoms with van der Waals surface area (Å²) in [7, 11) is 0. The number of fused-ring (bicyclic) bond motifs is 1. The molecule has 0 unspecified atom stereocenters. The second-order valence-corrected chi connectivity index (χ2v) is 6.76. The largest absolute Gasteiger partial charge is 0.391 e. The van der Waals surface area contributed by atoms with Gasteiger partial charge in [0.2, 0.25) is 5.95 Å². The molecule has 0 amide bonds. The van der Waals surface area contributed by atoms with E-state index < -0.39 is 6.10 Å². The fourth-order valence-electron chi connectivity index (χ4n) is 3.63. The first-order valence-corrected chi connectivity index (χ1v) is 8.97. The van der Waals surface area contributed by atoms with E-state index >= 15 is 0 Å². The Kier molecular flexibility index (Phi) is 4.36. The lowest BCUT2D eigenvalue weighted by atomic mass is 9.86. The maximum absolute atomic E-state index is 10.7. The van der Waals surface area contributed by atoms with Crippen LogP contribution < -0.4 is 4.90 Å². The molecule has 1 N–H and O–H groups in total. The Morgan fingerprint density at radius 1 is 1.08 bits per heavy atom. The molecule has 2 atom stereocenters. The van der Waals surface area contributed by atoms with Crippen molar-refractivity contribution in [2.24, 2.45) is 0 Å². The molecule has 128 valence electrons. The summed E-state index contributed by atoms with van der Waals surface area (Å²) in [4.78, 5) is 11.0. The Labute approximate surface area is 148 Å². The van der Waals surface area contributed by atoms with Gasteiger partial charge in [0.15, 0.2) is 0 Å². The lowest BCUT2D eigenvalue weighted by molar-refractivity contribution is 0.129. The standard InChI is InChI=1S/C21H23N3O/c1-2-15-12-22-21(23-13-15)24-10-9-19(20(25)14-24)18-8-7-16-5-3-4-6-17(16)11-18/h3-8,11-13,19-20,25H,2,9-10,14H2,1H3/t19-,20+/m0/s1. The van der Waals surface area contributed by atoms with E-state index in [0.29, 0.717) is 12.5 Å². The van der Waals surface area contributed by atoms with Crippen LogP contribution in [0.5, 0.6) is 0 Å². The zero-order chi connectivity index (χ0) is 17.2. The van der Waals surface area contributed by atoms with E-state index in [4.69, 9.17) is 0 Å². The summed E-state index contributed by atoms with van der Waals surface area (Å²) in [6.07, 6.45) is 5.18. The summed E-state index contributed by atoms with van der Waals surface area (Å²) in [6.45, 7) is 3.53. The van der Waals surface area contributed by atoms with Gasteiger partial charge in [0.25, 0.3) is 0 Å². The Bertz CT molecular complexity index is 862. The predicted octanol–water partition coefficient (Wildman–Crippen LogP) is 3.55. The molecule has 1 aliphatic heterocycles. The highest BCUT2D eigenvalue weighted by atomic mass is 16.3. The van der Waals surface area contributed by atoms with Gasteiger partial charge in [-0.1, -0.05) is 49.4 Å². The van der Waals surface area contributed by atoms with Crippen molar-refractivity contribution in [3.05, 3.63) is 66.0 Å². The fraction of sp³-hybridized carbons (Fsp3) is 0.333. The summed E-state index contributed by atoms with van der Waals surface area (Å²) < 4.78 is 0. The van der Waals surface area contributed by atoms with Crippen LogP contribution in [0.1, 0.15) is 30.4 Å². The minimum atomic E-state index is -0.413. The maximum Gasteiger partial charge on any atom is 0.225 e. The van der Waals surface area contributed by atoms with Crippen LogP contribution in [-0.4, -0.2) is 34.3 Å². The van der Waals surface area contributed by atoms with Crippen molar-refractivity contribution in [1.29, 1.82) is 0 Å². The molecule has 4 rings (SSSR count). The number of piperidine rings is 1. The predicted molar refractivity (Wildman–Crippen MR) is 101 cm³/mol. The summed E-state index contributed by atoms with van der Waals surface area (Å²) in [5.74, 6) is 0.879. The molecule has 0 radical (unpaired) electrons. The molecule has 2 heterocycles. The molecule has 1 aliphatic rings. The number of aryl methyl sites for hydroxylation is 1. The molecule has 1 saturated heterocycles. The second kappa shape index (κ2) is 6.81. The molecule has 3 aromatic rings. The number of aliphatic hydroxyl groups is 1. The third-order valence-electron chi connectivity index (χ3n) is 5.17. The maximum atomic E-state index is 10.7. The van der Waals surface area contributed by atoms with E-state index in [2.05, 4.69) is 64.3 Å². The summed E-state index contributed by atoms with van der Waals surface area (Å²) in [5, 5.41) is 13.2. The topological polar surface area (TPSA) is 49.2 Å². The van der Waals surface area contributed by atoms with Crippen LogP contribution in [0.3, 0.4) is 0 Å². The van der Waals surface area contributed by atoms with E-state index in [-0.39, 0.29) is 5.92 Å². The van der Waals surface area contributed by atoms with Crippen molar-refractivity contribution in [1.82, 2.24) is 9.97 Å². The lowest BCUT2D eigenvalue weighted by Crippen LogP contribution is -2.43. The highest BCUT2D eigenvalue weighted by Gasteiger charge is 2.30. The third-order valence-corrected chi connectivity index (χ3v) is 5.17. The van der Waals surface area contributed by atoms with Crippen molar-refractivity contribution in [2.75, 3.05) is 18.0 Å². The zero-order valence-corrected chi connectivity index (χ0v) is 14.5. The van der Waals surface area contributed by atoms with Crippen LogP contribution >= 0.6 is 0 Å². The minimum Gasteiger partial charge on any atom is -0.391 e. The van der Waals surface area contributed by atoms with Gasteiger partial charge in [-0.05, 0) is 34.7 Å². The average Bonchev–Trinajstić information content (AvgIpc) is 2.67. The summed E-state index contributed by atoms with van der Waals surface area (Å²) >= 11 is 0. The molecule has 1 fully saturated rings. The van der Waals surface area contributed by atoms with Crippen LogP contribution in [0, 0.1) is 0 Å². The molecule has 4 nitrogen and oxygen atoms in total. The number of nitrogens with zero attached hydrogens (tertiary/aromatic N) is 3. The number of hydrogen-bond acceptors (Lipinski definition) is 4. The molecule has 0 bridgehead atoms. The highest BCUT2D eigenvalue weighted by molar-refractivity contribution is 5.83. The molecular weight excluding hydrogens is 310 g/mol. The Hall–Kier alpha value is -2.46. The van der Waals surface area contributed by atoms with Crippen LogP contribution in [0.2, 0.25) is 0 Å². The van der Waals surface area contributed by atoms with Gasteiger partial charge in [0.05, 0.1) is 6.10 Å². The number of aromatic nitrogens is 2. The Balaban J connectivity index is 1.52. The molecule has 0 spiro atoms. The normalized spacial score (nSPS) is 20.8. The molecule has 0 aliphatic carbocycles. The van der Waals surface area contributed by atoms with Gasteiger partial charge in [-0.25, -0.2) is 9.97 Å². The van der Waals surface area contributed by atoms with Crippen LogP contribution in [-0.2, 0) is 6.42 Å². The fourth-order valence-corrected chi connectivity index (χ4v) is 3.63. The van der Waals surface area contributed by atoms with Crippen molar-refractivity contribution in [2.45, 2.75) is 31.8 Å². The van der Waals surface area contributed by atoms with Gasteiger partial charge in [0.1, 0.15) is 0 Å². The van der Waals surface area contributed by atoms with Gasteiger partial charge in [0, 0.05) is 31.4 Å². The number of β-amino-alcohol motifs (C(OH)–C–C–N with tert-alkyl or cyclic N) is 1. The number of rotatable bonds is 3. The molecular formula is C21H23N3O. The van der Waals surface area contributed by atoms with E-state index in [9.17, 15) is 5.11 Å². The highest BCUT2D eigenvalue weighted by Crippen LogP contribution is 2.31. The number of hydrogen-bond donors (Lipinski definition) is 1. The van der Waals surface area contributed by atoms with Crippen LogP contribution in [0.15, 0.2) is 54.9 Å². The molecule has 1 aromatic heterocycles. The second-order valence-electron chi connectivity index (χ2n) is 6.76. The minimum absolute atomic E-state index is 0.163. The van der Waals surface area contributed by atoms with Gasteiger partial charge in [-0.2, -0.15) is 0 Å². The van der Waals surface area contributed by atoms with Gasteiger partial charge in [-0.15, -0.1) is 0 Å². The van der Waals surface area contributed by atoms with Crippen molar-refractivity contribution in [3.8, 4) is 0 Å². The van der Waals surface area contributed by atoms with E-state index in [0.717, 1.165) is 24.9 Å². The van der Waals surface area contributed by atoms with Crippen molar-refractivity contribution in [3.63, 3.8) is 0 Å². The molecule has 25 heavy (non-hydrogen) atoms. The first kappa shape index (κ1) is 16.0. The smallest absolute Gasteiger partial charge is 0.225 e. The Morgan fingerprint density at radius 2 is 1.84 bits per heavy atom. The number of aliphatic hydroxyl groups excluding tert-OH is 1.